The second-order valence-electron chi connectivity index (χ2n) is 8.33. The normalized spacial score (nSPS) is 41.0. The molecule has 0 spiro atoms. The Morgan fingerprint density at radius 3 is 2.54 bits per heavy atom. The van der Waals surface area contributed by atoms with E-state index in [9.17, 15) is 4.79 Å². The van der Waals surface area contributed by atoms with Crippen LogP contribution < -0.4 is 0 Å². The molecule has 5 aliphatic rings. The van der Waals surface area contributed by atoms with Crippen LogP contribution in [-0.2, 0) is 15.1 Å². The molecule has 1 aromatic heterocycles. The molecule has 24 heavy (non-hydrogen) atoms. The van der Waals surface area contributed by atoms with E-state index in [4.69, 9.17) is 16.3 Å². The molecule has 4 aliphatic carbocycles. The van der Waals surface area contributed by atoms with Gasteiger partial charge in [-0.25, -0.2) is 9.67 Å². The van der Waals surface area contributed by atoms with E-state index in [2.05, 4.69) is 10.1 Å². The molecule has 130 valence electrons. The van der Waals surface area contributed by atoms with Crippen LogP contribution in [-0.4, -0.2) is 51.9 Å². The summed E-state index contributed by atoms with van der Waals surface area (Å²) < 4.78 is 7.41. The van der Waals surface area contributed by atoms with E-state index in [1.807, 2.05) is 9.58 Å². The minimum absolute atomic E-state index is 0.0633. The van der Waals surface area contributed by atoms with Crippen molar-refractivity contribution in [3.8, 4) is 0 Å². The number of aromatic nitrogens is 3. The highest BCUT2D eigenvalue weighted by Crippen LogP contribution is 2.64. The van der Waals surface area contributed by atoms with Crippen molar-refractivity contribution in [2.24, 2.45) is 17.3 Å². The maximum atomic E-state index is 13.4. The van der Waals surface area contributed by atoms with Gasteiger partial charge >= 0.3 is 0 Å². The van der Waals surface area contributed by atoms with E-state index in [1.54, 1.807) is 6.33 Å². The number of halogens is 1. The molecule has 0 radical (unpaired) electrons. The van der Waals surface area contributed by atoms with Crippen LogP contribution in [0.2, 0.25) is 5.28 Å². The molecule has 6 nitrogen and oxygen atoms in total. The van der Waals surface area contributed by atoms with Crippen molar-refractivity contribution < 1.29 is 9.53 Å². The minimum atomic E-state index is -0.208. The number of carbonyl (C=O) groups is 1. The highest BCUT2D eigenvalue weighted by atomic mass is 35.5. The molecule has 2 heterocycles. The van der Waals surface area contributed by atoms with Crippen molar-refractivity contribution in [2.45, 2.75) is 44.1 Å². The third-order valence-electron chi connectivity index (χ3n) is 6.73. The summed E-state index contributed by atoms with van der Waals surface area (Å²) in [6, 6.07) is 0. The SMILES string of the molecule is O=C(N1CCOCC1)C12C[C@H]3C[C@@H](C1)CC(n1cnc(Cl)n1)(C3)C2. The number of morpholine rings is 1. The lowest BCUT2D eigenvalue weighted by molar-refractivity contribution is -0.170. The van der Waals surface area contributed by atoms with Crippen molar-refractivity contribution in [2.75, 3.05) is 26.3 Å². The van der Waals surface area contributed by atoms with Crippen molar-refractivity contribution in [1.82, 2.24) is 19.7 Å². The Morgan fingerprint density at radius 1 is 1.21 bits per heavy atom. The summed E-state index contributed by atoms with van der Waals surface area (Å²) in [6.45, 7) is 2.80. The van der Waals surface area contributed by atoms with Crippen LogP contribution in [0.5, 0.6) is 0 Å². The Bertz CT molecular complexity index is 655. The average molecular weight is 351 g/mol. The molecule has 4 saturated carbocycles. The van der Waals surface area contributed by atoms with E-state index >= 15 is 0 Å². The molecule has 1 saturated heterocycles. The number of rotatable bonds is 2. The van der Waals surface area contributed by atoms with Crippen molar-refractivity contribution in [3.05, 3.63) is 11.6 Å². The number of hydrogen-bond acceptors (Lipinski definition) is 4. The minimum Gasteiger partial charge on any atom is -0.378 e. The summed E-state index contributed by atoms with van der Waals surface area (Å²) in [5, 5.41) is 4.73. The van der Waals surface area contributed by atoms with E-state index in [1.165, 1.54) is 6.42 Å². The summed E-state index contributed by atoms with van der Waals surface area (Å²) in [5.74, 6) is 1.61. The quantitative estimate of drug-likeness (QED) is 0.819. The number of ether oxygens (including phenoxy) is 1. The smallest absolute Gasteiger partial charge is 0.242 e. The zero-order valence-corrected chi connectivity index (χ0v) is 14.5. The predicted molar refractivity (Wildman–Crippen MR) is 87.5 cm³/mol. The first-order valence-corrected chi connectivity index (χ1v) is 9.41. The van der Waals surface area contributed by atoms with Gasteiger partial charge in [-0.1, -0.05) is 0 Å². The molecule has 1 aromatic rings. The molecule has 6 rings (SSSR count). The Labute approximate surface area is 146 Å². The average Bonchev–Trinajstić information content (AvgIpc) is 3.01. The second kappa shape index (κ2) is 5.18. The zero-order chi connectivity index (χ0) is 16.4. The van der Waals surface area contributed by atoms with Crippen LogP contribution >= 0.6 is 11.6 Å². The molecule has 4 bridgehead atoms. The zero-order valence-electron chi connectivity index (χ0n) is 13.8. The fourth-order valence-corrected chi connectivity index (χ4v) is 6.43. The summed E-state index contributed by atoms with van der Waals surface area (Å²) in [5.41, 5.74) is -0.272. The number of carbonyl (C=O) groups excluding carboxylic acids is 1. The van der Waals surface area contributed by atoms with Gasteiger partial charge in [-0.05, 0) is 62.0 Å². The Hall–Kier alpha value is -1.14. The first-order chi connectivity index (χ1) is 11.6. The summed E-state index contributed by atoms with van der Waals surface area (Å²) in [7, 11) is 0. The third-order valence-corrected chi connectivity index (χ3v) is 6.91. The van der Waals surface area contributed by atoms with Crippen LogP contribution in [0.1, 0.15) is 38.5 Å². The van der Waals surface area contributed by atoms with Gasteiger partial charge in [0.2, 0.25) is 11.2 Å². The molecule has 7 heteroatoms. The van der Waals surface area contributed by atoms with Gasteiger partial charge in [-0.15, -0.1) is 5.10 Å². The lowest BCUT2D eigenvalue weighted by Crippen LogP contribution is -2.62. The van der Waals surface area contributed by atoms with Gasteiger partial charge in [-0.2, -0.15) is 0 Å². The maximum Gasteiger partial charge on any atom is 0.242 e. The van der Waals surface area contributed by atoms with Crippen LogP contribution in [0.4, 0.5) is 0 Å². The molecule has 5 fully saturated rings. The number of nitrogens with zero attached hydrogens (tertiary/aromatic N) is 4. The first-order valence-electron chi connectivity index (χ1n) is 9.03. The van der Waals surface area contributed by atoms with Gasteiger partial charge in [-0.3, -0.25) is 4.79 Å². The van der Waals surface area contributed by atoms with Crippen LogP contribution in [0.15, 0.2) is 6.33 Å². The van der Waals surface area contributed by atoms with Gasteiger partial charge in [0.25, 0.3) is 0 Å². The molecule has 0 N–H and O–H groups in total. The molecular formula is C17H23ClN4O2. The Balaban J connectivity index is 1.50. The molecule has 1 amide bonds. The molecule has 0 aromatic carbocycles. The fraction of sp³-hybridized carbons (Fsp3) is 0.824. The highest BCUT2D eigenvalue weighted by molar-refractivity contribution is 6.28. The fourth-order valence-electron chi connectivity index (χ4n) is 6.31. The largest absolute Gasteiger partial charge is 0.378 e. The van der Waals surface area contributed by atoms with Gasteiger partial charge in [0.05, 0.1) is 24.2 Å². The van der Waals surface area contributed by atoms with Crippen molar-refractivity contribution in [3.63, 3.8) is 0 Å². The van der Waals surface area contributed by atoms with E-state index in [0.29, 0.717) is 36.2 Å². The number of hydrogen-bond donors (Lipinski definition) is 0. The lowest BCUT2D eigenvalue weighted by atomic mass is 9.46. The third kappa shape index (κ3) is 2.15. The van der Waals surface area contributed by atoms with Gasteiger partial charge in [0.15, 0.2) is 0 Å². The summed E-state index contributed by atoms with van der Waals surface area (Å²) >= 11 is 5.99. The predicted octanol–water partition coefficient (Wildman–Crippen LogP) is 2.09. The van der Waals surface area contributed by atoms with Crippen LogP contribution in [0.25, 0.3) is 0 Å². The number of amides is 1. The van der Waals surface area contributed by atoms with Crippen molar-refractivity contribution >= 4 is 17.5 Å². The first kappa shape index (κ1) is 15.1. The molecular weight excluding hydrogens is 328 g/mol. The van der Waals surface area contributed by atoms with Crippen LogP contribution in [0.3, 0.4) is 0 Å². The Morgan fingerprint density at radius 2 is 1.92 bits per heavy atom. The monoisotopic (exact) mass is 350 g/mol. The van der Waals surface area contributed by atoms with Crippen LogP contribution in [0, 0.1) is 17.3 Å². The molecule has 4 atom stereocenters. The van der Waals surface area contributed by atoms with E-state index in [0.717, 1.165) is 45.2 Å². The Kier molecular flexibility index (Phi) is 3.27. The lowest BCUT2D eigenvalue weighted by Gasteiger charge is -2.61. The highest BCUT2D eigenvalue weighted by Gasteiger charge is 2.62. The van der Waals surface area contributed by atoms with E-state index in [-0.39, 0.29) is 11.0 Å². The topological polar surface area (TPSA) is 60.2 Å². The van der Waals surface area contributed by atoms with Gasteiger partial charge in [0, 0.05) is 13.1 Å². The maximum absolute atomic E-state index is 13.4. The summed E-state index contributed by atoms with van der Waals surface area (Å²) in [6.07, 6.45) is 8.24. The summed E-state index contributed by atoms with van der Waals surface area (Å²) in [4.78, 5) is 19.6. The van der Waals surface area contributed by atoms with E-state index < -0.39 is 0 Å². The van der Waals surface area contributed by atoms with Crippen molar-refractivity contribution in [1.29, 1.82) is 0 Å². The standard InChI is InChI=1S/C17H23ClN4O2/c18-15-19-11-22(20-15)17-8-12-5-13(9-17)7-16(6-12,10-17)14(23)21-1-3-24-4-2-21/h11-13H,1-10H2/t12-,13+,16?,17?. The second-order valence-corrected chi connectivity index (χ2v) is 8.67. The molecule has 2 unspecified atom stereocenters. The van der Waals surface area contributed by atoms with Gasteiger partial charge in [0.1, 0.15) is 6.33 Å². The molecule has 1 aliphatic heterocycles. The van der Waals surface area contributed by atoms with Gasteiger partial charge < -0.3 is 9.64 Å².